The van der Waals surface area contributed by atoms with Gasteiger partial charge in [-0.15, -0.1) is 0 Å². The van der Waals surface area contributed by atoms with Crippen LogP contribution in [-0.2, 0) is 11.0 Å². The summed E-state index contributed by atoms with van der Waals surface area (Å²) in [6, 6.07) is 8.78. The molecule has 0 aliphatic heterocycles. The van der Waals surface area contributed by atoms with Gasteiger partial charge in [-0.1, -0.05) is 29.4 Å². The summed E-state index contributed by atoms with van der Waals surface area (Å²) in [4.78, 5) is 8.50. The Labute approximate surface area is 113 Å². The van der Waals surface area contributed by atoms with Crippen molar-refractivity contribution in [2.24, 2.45) is 5.16 Å². The number of aromatic nitrogens is 1. The zero-order chi connectivity index (χ0) is 14.6. The van der Waals surface area contributed by atoms with Crippen molar-refractivity contribution in [3.63, 3.8) is 0 Å². The summed E-state index contributed by atoms with van der Waals surface area (Å²) in [6.45, 7) is 0. The molecule has 0 unspecified atom stereocenters. The van der Waals surface area contributed by atoms with Crippen molar-refractivity contribution < 1.29 is 18.0 Å². The minimum absolute atomic E-state index is 0.273. The maximum Gasteiger partial charge on any atom is 0.416 e. The maximum atomic E-state index is 12.6. The van der Waals surface area contributed by atoms with E-state index in [2.05, 4.69) is 15.0 Å². The van der Waals surface area contributed by atoms with Crippen LogP contribution in [0.2, 0.25) is 0 Å². The van der Waals surface area contributed by atoms with Gasteiger partial charge in [-0.3, -0.25) is 4.98 Å². The van der Waals surface area contributed by atoms with E-state index in [-0.39, 0.29) is 5.69 Å². The molecule has 20 heavy (non-hydrogen) atoms. The predicted molar refractivity (Wildman–Crippen MR) is 69.3 cm³/mol. The summed E-state index contributed by atoms with van der Waals surface area (Å²) in [5.74, 6) is 0. The molecule has 0 fully saturated rings. The molecule has 0 aliphatic rings. The number of oxime groups is 1. The van der Waals surface area contributed by atoms with Gasteiger partial charge in [-0.2, -0.15) is 13.2 Å². The highest BCUT2D eigenvalue weighted by atomic mass is 19.4. The molecule has 1 aromatic heterocycles. The van der Waals surface area contributed by atoms with Gasteiger partial charge in [-0.25, -0.2) is 0 Å². The minimum atomic E-state index is -4.37. The molecule has 0 amide bonds. The number of nitrogens with zero attached hydrogens (tertiary/aromatic N) is 2. The fourth-order valence-electron chi connectivity index (χ4n) is 1.62. The first-order valence-corrected chi connectivity index (χ1v) is 5.71. The van der Waals surface area contributed by atoms with Crippen molar-refractivity contribution in [1.29, 1.82) is 0 Å². The van der Waals surface area contributed by atoms with Crippen molar-refractivity contribution >= 4 is 6.21 Å². The van der Waals surface area contributed by atoms with Gasteiger partial charge < -0.3 is 4.84 Å². The second-order valence-corrected chi connectivity index (χ2v) is 3.97. The molecule has 3 nitrogen and oxygen atoms in total. The number of rotatable bonds is 3. The molecular formula is C14H11F3N2O. The van der Waals surface area contributed by atoms with E-state index in [0.717, 1.165) is 23.9 Å². The molecule has 0 bridgehead atoms. The highest BCUT2D eigenvalue weighted by Gasteiger charge is 2.30. The van der Waals surface area contributed by atoms with Crippen LogP contribution in [0.4, 0.5) is 13.2 Å². The number of hydrogen-bond acceptors (Lipinski definition) is 3. The average molecular weight is 280 g/mol. The Morgan fingerprint density at radius 3 is 2.45 bits per heavy atom. The third-order valence-electron chi connectivity index (χ3n) is 2.60. The molecule has 0 saturated carbocycles. The lowest BCUT2D eigenvalue weighted by Crippen LogP contribution is -2.05. The summed E-state index contributed by atoms with van der Waals surface area (Å²) in [5.41, 5.74) is 0.941. The molecule has 0 saturated heterocycles. The molecule has 0 aliphatic carbocycles. The van der Waals surface area contributed by atoms with E-state index in [0.29, 0.717) is 5.56 Å². The lowest BCUT2D eigenvalue weighted by atomic mass is 10.1. The molecule has 2 rings (SSSR count). The molecule has 0 N–H and O–H groups in total. The molecule has 1 aromatic carbocycles. The predicted octanol–water partition coefficient (Wildman–Crippen LogP) is 3.75. The van der Waals surface area contributed by atoms with Crippen LogP contribution >= 0.6 is 0 Å². The average Bonchev–Trinajstić information content (AvgIpc) is 2.45. The number of alkyl halides is 3. The zero-order valence-corrected chi connectivity index (χ0v) is 10.6. The van der Waals surface area contributed by atoms with Gasteiger partial charge in [-0.05, 0) is 17.7 Å². The molecule has 104 valence electrons. The lowest BCUT2D eigenvalue weighted by Gasteiger charge is -2.08. The summed E-state index contributed by atoms with van der Waals surface area (Å²) in [5, 5.41) is 3.60. The van der Waals surface area contributed by atoms with Crippen molar-refractivity contribution in [2.45, 2.75) is 6.18 Å². The Morgan fingerprint density at radius 1 is 1.15 bits per heavy atom. The standard InChI is InChI=1S/C14H11F3N2O/c1-20-19-9-10-2-4-11(5-3-10)13-8-12(6-7-18-13)14(15,16)17/h2-9H,1H3. The second kappa shape index (κ2) is 5.73. The highest BCUT2D eigenvalue weighted by molar-refractivity contribution is 5.80. The van der Waals surface area contributed by atoms with Crippen LogP contribution in [0.5, 0.6) is 0 Å². The van der Waals surface area contributed by atoms with E-state index >= 15 is 0 Å². The first kappa shape index (κ1) is 14.0. The molecule has 0 atom stereocenters. The number of benzene rings is 1. The van der Waals surface area contributed by atoms with Crippen molar-refractivity contribution in [3.05, 3.63) is 53.7 Å². The summed E-state index contributed by atoms with van der Waals surface area (Å²) in [6.07, 6.45) is -1.72. The minimum Gasteiger partial charge on any atom is -0.399 e. The Hall–Kier alpha value is -2.37. The van der Waals surface area contributed by atoms with Crippen LogP contribution in [0.25, 0.3) is 11.3 Å². The number of hydrogen-bond donors (Lipinski definition) is 0. The topological polar surface area (TPSA) is 34.5 Å². The van der Waals surface area contributed by atoms with Gasteiger partial charge in [0.25, 0.3) is 0 Å². The van der Waals surface area contributed by atoms with Crippen LogP contribution in [0.3, 0.4) is 0 Å². The van der Waals surface area contributed by atoms with Crippen LogP contribution in [0.1, 0.15) is 11.1 Å². The van der Waals surface area contributed by atoms with Crippen LogP contribution < -0.4 is 0 Å². The van der Waals surface area contributed by atoms with Gasteiger partial charge in [0.1, 0.15) is 7.11 Å². The van der Waals surface area contributed by atoms with E-state index in [1.807, 2.05) is 0 Å². The second-order valence-electron chi connectivity index (χ2n) is 3.97. The molecule has 1 heterocycles. The fourth-order valence-corrected chi connectivity index (χ4v) is 1.62. The lowest BCUT2D eigenvalue weighted by molar-refractivity contribution is -0.137. The van der Waals surface area contributed by atoms with E-state index in [1.54, 1.807) is 24.3 Å². The normalized spacial score (nSPS) is 11.8. The summed E-state index contributed by atoms with van der Waals surface area (Å²) < 4.78 is 37.9. The van der Waals surface area contributed by atoms with Gasteiger partial charge in [0.15, 0.2) is 0 Å². The van der Waals surface area contributed by atoms with E-state index in [4.69, 9.17) is 0 Å². The quantitative estimate of drug-likeness (QED) is 0.634. The Morgan fingerprint density at radius 2 is 1.85 bits per heavy atom. The largest absolute Gasteiger partial charge is 0.416 e. The highest BCUT2D eigenvalue weighted by Crippen LogP contribution is 2.31. The van der Waals surface area contributed by atoms with Gasteiger partial charge >= 0.3 is 6.18 Å². The maximum absolute atomic E-state index is 12.6. The van der Waals surface area contributed by atoms with Crippen LogP contribution in [0.15, 0.2) is 47.8 Å². The van der Waals surface area contributed by atoms with E-state index < -0.39 is 11.7 Å². The third-order valence-corrected chi connectivity index (χ3v) is 2.60. The summed E-state index contributed by atoms with van der Waals surface area (Å²) in [7, 11) is 1.43. The van der Waals surface area contributed by atoms with Gasteiger partial charge in [0.05, 0.1) is 17.5 Å². The molecule has 6 heteroatoms. The Kier molecular flexibility index (Phi) is 4.02. The van der Waals surface area contributed by atoms with Crippen molar-refractivity contribution in [3.8, 4) is 11.3 Å². The van der Waals surface area contributed by atoms with Crippen molar-refractivity contribution in [2.75, 3.05) is 7.11 Å². The monoisotopic (exact) mass is 280 g/mol. The molecule has 2 aromatic rings. The van der Waals surface area contributed by atoms with Crippen molar-refractivity contribution in [1.82, 2.24) is 4.98 Å². The van der Waals surface area contributed by atoms with E-state index in [1.165, 1.54) is 13.3 Å². The third kappa shape index (κ3) is 3.34. The first-order valence-electron chi connectivity index (χ1n) is 5.71. The van der Waals surface area contributed by atoms with Crippen LogP contribution in [0, 0.1) is 0 Å². The first-order chi connectivity index (χ1) is 9.50. The number of pyridine rings is 1. The van der Waals surface area contributed by atoms with Gasteiger partial charge in [0.2, 0.25) is 0 Å². The fraction of sp³-hybridized carbons (Fsp3) is 0.143. The van der Waals surface area contributed by atoms with Gasteiger partial charge in [0, 0.05) is 11.8 Å². The smallest absolute Gasteiger partial charge is 0.399 e. The molecule has 0 spiro atoms. The summed E-state index contributed by atoms with van der Waals surface area (Å²) >= 11 is 0. The SMILES string of the molecule is CON=Cc1ccc(-c2cc(C(F)(F)F)ccn2)cc1. The Bertz CT molecular complexity index is 607. The zero-order valence-electron chi connectivity index (χ0n) is 10.6. The molecule has 0 radical (unpaired) electrons. The molecular weight excluding hydrogens is 269 g/mol. The van der Waals surface area contributed by atoms with E-state index in [9.17, 15) is 13.2 Å². The Balaban J connectivity index is 2.30. The van der Waals surface area contributed by atoms with Crippen LogP contribution in [-0.4, -0.2) is 18.3 Å². The number of halogens is 3.